The minimum atomic E-state index is -0.693. The van der Waals surface area contributed by atoms with E-state index in [9.17, 15) is 0 Å². The van der Waals surface area contributed by atoms with Crippen LogP contribution in [0.25, 0.3) is 16.8 Å². The van der Waals surface area contributed by atoms with Crippen molar-refractivity contribution in [3.05, 3.63) is 71.7 Å². The van der Waals surface area contributed by atoms with Crippen LogP contribution in [0.4, 0.5) is 20.4 Å². The standard InChI is InChI=1S/C28H32F2N6O/c1-16(2)37-15-18-10-23(29)27(24(30)11-18)25-5-4-21-13-33-28(36(21)35-25)34-26-14-32-7-6-22(26)19-8-17(3)9-20(31)12-19/h4-7,10-11,13-14,16-17,19-20H,8-9,12,15,31H2,1-3H3,(H,33,34)/t17-,19+,20-/m0/s1. The zero-order valence-corrected chi connectivity index (χ0v) is 21.3. The van der Waals surface area contributed by atoms with Crippen LogP contribution in [-0.4, -0.2) is 31.7 Å². The van der Waals surface area contributed by atoms with E-state index in [-0.39, 0.29) is 30.0 Å². The number of ether oxygens (including phenoxy) is 1. The zero-order chi connectivity index (χ0) is 26.1. The topological polar surface area (TPSA) is 90.4 Å². The third-order valence-corrected chi connectivity index (χ3v) is 6.85. The largest absolute Gasteiger partial charge is 0.374 e. The number of nitrogens with zero attached hydrogens (tertiary/aromatic N) is 4. The molecule has 0 saturated heterocycles. The molecule has 7 nitrogen and oxygen atoms in total. The van der Waals surface area contributed by atoms with E-state index in [0.717, 1.165) is 30.5 Å². The van der Waals surface area contributed by atoms with Crippen LogP contribution in [0, 0.1) is 17.6 Å². The number of aromatic nitrogens is 4. The van der Waals surface area contributed by atoms with Gasteiger partial charge in [-0.3, -0.25) is 4.98 Å². The SMILES string of the molecule is CC(C)OCc1cc(F)c(-c2ccc3cnc(Nc4cnccc4[C@@H]4C[C@H](C)C[C@H](N)C4)n3n2)c(F)c1. The number of fused-ring (bicyclic) bond motifs is 1. The van der Waals surface area contributed by atoms with Gasteiger partial charge in [0.1, 0.15) is 11.6 Å². The number of hydrogen-bond acceptors (Lipinski definition) is 6. The zero-order valence-electron chi connectivity index (χ0n) is 21.3. The number of hydrogen-bond donors (Lipinski definition) is 2. The highest BCUT2D eigenvalue weighted by atomic mass is 19.1. The van der Waals surface area contributed by atoms with E-state index in [0.29, 0.717) is 28.9 Å². The fourth-order valence-corrected chi connectivity index (χ4v) is 5.21. The van der Waals surface area contributed by atoms with Gasteiger partial charge in [-0.1, -0.05) is 6.92 Å². The summed E-state index contributed by atoms with van der Waals surface area (Å²) in [4.78, 5) is 8.77. The minimum absolute atomic E-state index is 0.0411. The Morgan fingerprint density at radius 2 is 1.89 bits per heavy atom. The van der Waals surface area contributed by atoms with Crippen molar-refractivity contribution in [2.24, 2.45) is 11.7 Å². The first-order valence-electron chi connectivity index (χ1n) is 12.7. The van der Waals surface area contributed by atoms with Gasteiger partial charge in [0.05, 0.1) is 47.6 Å². The highest BCUT2D eigenvalue weighted by Gasteiger charge is 2.27. The molecule has 9 heteroatoms. The van der Waals surface area contributed by atoms with Gasteiger partial charge in [-0.15, -0.1) is 0 Å². The summed E-state index contributed by atoms with van der Waals surface area (Å²) < 4.78 is 37.1. The lowest BCUT2D eigenvalue weighted by atomic mass is 9.76. The van der Waals surface area contributed by atoms with Crippen LogP contribution in [0.2, 0.25) is 0 Å². The minimum Gasteiger partial charge on any atom is -0.374 e. The Balaban J connectivity index is 1.46. The van der Waals surface area contributed by atoms with Crippen molar-refractivity contribution >= 4 is 17.2 Å². The molecule has 1 aliphatic carbocycles. The summed E-state index contributed by atoms with van der Waals surface area (Å²) in [6, 6.07) is 8.09. The maximum Gasteiger partial charge on any atom is 0.229 e. The molecule has 3 heterocycles. The van der Waals surface area contributed by atoms with Gasteiger partial charge in [-0.05, 0) is 86.4 Å². The second-order valence-electron chi connectivity index (χ2n) is 10.3. The molecule has 0 spiro atoms. The van der Waals surface area contributed by atoms with E-state index >= 15 is 8.78 Å². The number of halogens is 2. The van der Waals surface area contributed by atoms with Crippen molar-refractivity contribution in [1.29, 1.82) is 0 Å². The average molecular weight is 507 g/mol. The van der Waals surface area contributed by atoms with E-state index in [4.69, 9.17) is 10.5 Å². The van der Waals surface area contributed by atoms with Crippen molar-refractivity contribution in [2.75, 3.05) is 5.32 Å². The fraction of sp³-hybridized carbons (Fsp3) is 0.393. The number of anilines is 2. The lowest BCUT2D eigenvalue weighted by molar-refractivity contribution is 0.0654. The van der Waals surface area contributed by atoms with E-state index in [1.807, 2.05) is 19.9 Å². The van der Waals surface area contributed by atoms with Crippen LogP contribution >= 0.6 is 0 Å². The summed E-state index contributed by atoms with van der Waals surface area (Å²) in [5.74, 6) is -0.107. The highest BCUT2D eigenvalue weighted by molar-refractivity contribution is 5.66. The van der Waals surface area contributed by atoms with Crippen LogP contribution in [0.1, 0.15) is 57.1 Å². The first-order valence-corrected chi connectivity index (χ1v) is 12.7. The molecule has 37 heavy (non-hydrogen) atoms. The van der Waals surface area contributed by atoms with Gasteiger partial charge in [0.2, 0.25) is 5.95 Å². The molecule has 3 atom stereocenters. The second kappa shape index (κ2) is 10.5. The monoisotopic (exact) mass is 506 g/mol. The summed E-state index contributed by atoms with van der Waals surface area (Å²) >= 11 is 0. The number of nitrogens with two attached hydrogens (primary N) is 1. The van der Waals surface area contributed by atoms with Crippen LogP contribution in [0.15, 0.2) is 48.9 Å². The average Bonchev–Trinajstić information content (AvgIpc) is 3.24. The van der Waals surface area contributed by atoms with E-state index < -0.39 is 11.6 Å². The van der Waals surface area contributed by atoms with E-state index in [1.54, 1.807) is 35.2 Å². The van der Waals surface area contributed by atoms with Crippen LogP contribution in [0.3, 0.4) is 0 Å². The van der Waals surface area contributed by atoms with Gasteiger partial charge in [-0.2, -0.15) is 9.61 Å². The van der Waals surface area contributed by atoms with Gasteiger partial charge < -0.3 is 15.8 Å². The Hall–Kier alpha value is -3.43. The summed E-state index contributed by atoms with van der Waals surface area (Å²) in [5.41, 5.74) is 9.35. The fourth-order valence-electron chi connectivity index (χ4n) is 5.21. The molecule has 0 bridgehead atoms. The summed E-state index contributed by atoms with van der Waals surface area (Å²) in [6.07, 6.45) is 8.15. The molecular formula is C28H32F2N6O. The van der Waals surface area contributed by atoms with E-state index in [1.165, 1.54) is 12.1 Å². The summed E-state index contributed by atoms with van der Waals surface area (Å²) in [6.45, 7) is 6.11. The molecular weight excluding hydrogens is 474 g/mol. The molecule has 1 aliphatic rings. The Labute approximate surface area is 215 Å². The van der Waals surface area contributed by atoms with Crippen molar-refractivity contribution in [3.63, 3.8) is 0 Å². The van der Waals surface area contributed by atoms with Crippen molar-refractivity contribution in [1.82, 2.24) is 19.6 Å². The number of pyridine rings is 1. The third-order valence-electron chi connectivity index (χ3n) is 6.85. The van der Waals surface area contributed by atoms with Gasteiger partial charge in [0.15, 0.2) is 0 Å². The first-order chi connectivity index (χ1) is 17.8. The van der Waals surface area contributed by atoms with Crippen molar-refractivity contribution in [2.45, 2.75) is 64.7 Å². The number of imidazole rings is 1. The maximum atomic E-state index is 15.0. The number of rotatable bonds is 7. The second-order valence-corrected chi connectivity index (χ2v) is 10.3. The van der Waals surface area contributed by atoms with Gasteiger partial charge >= 0.3 is 0 Å². The molecule has 0 unspecified atom stereocenters. The Kier molecular flexibility index (Phi) is 7.17. The third kappa shape index (κ3) is 5.47. The molecule has 3 N–H and O–H groups in total. The molecule has 0 radical (unpaired) electrons. The quantitative estimate of drug-likeness (QED) is 0.321. The molecule has 5 rings (SSSR count). The molecule has 0 amide bonds. The number of benzene rings is 1. The predicted octanol–water partition coefficient (Wildman–Crippen LogP) is 5.97. The van der Waals surface area contributed by atoms with Gasteiger partial charge in [0, 0.05) is 12.2 Å². The van der Waals surface area contributed by atoms with E-state index in [2.05, 4.69) is 27.3 Å². The molecule has 3 aromatic heterocycles. The lowest BCUT2D eigenvalue weighted by Gasteiger charge is -2.32. The van der Waals surface area contributed by atoms with Crippen LogP contribution in [-0.2, 0) is 11.3 Å². The maximum absolute atomic E-state index is 15.0. The van der Waals surface area contributed by atoms with Crippen LogP contribution in [0.5, 0.6) is 0 Å². The molecule has 1 aromatic carbocycles. The Bertz CT molecular complexity index is 1370. The van der Waals surface area contributed by atoms with Gasteiger partial charge in [0.25, 0.3) is 0 Å². The molecule has 0 aliphatic heterocycles. The normalized spacial score (nSPS) is 20.0. The Morgan fingerprint density at radius 3 is 2.62 bits per heavy atom. The van der Waals surface area contributed by atoms with Crippen molar-refractivity contribution < 1.29 is 13.5 Å². The first kappa shape index (κ1) is 25.2. The molecule has 1 fully saturated rings. The predicted molar refractivity (Wildman–Crippen MR) is 140 cm³/mol. The summed E-state index contributed by atoms with van der Waals surface area (Å²) in [7, 11) is 0. The Morgan fingerprint density at radius 1 is 1.11 bits per heavy atom. The summed E-state index contributed by atoms with van der Waals surface area (Å²) in [5, 5.41) is 7.88. The smallest absolute Gasteiger partial charge is 0.229 e. The lowest BCUT2D eigenvalue weighted by Crippen LogP contribution is -2.31. The van der Waals surface area contributed by atoms with Crippen molar-refractivity contribution in [3.8, 4) is 11.3 Å². The molecule has 194 valence electrons. The van der Waals surface area contributed by atoms with Gasteiger partial charge in [-0.25, -0.2) is 13.8 Å². The number of nitrogens with one attached hydrogen (secondary N) is 1. The highest BCUT2D eigenvalue weighted by Crippen LogP contribution is 2.39. The van der Waals surface area contributed by atoms with Crippen LogP contribution < -0.4 is 11.1 Å². The molecule has 1 saturated carbocycles. The molecule has 4 aromatic rings.